The Hall–Kier alpha value is -0.650. The van der Waals surface area contributed by atoms with E-state index in [1.165, 1.54) is 0 Å². The van der Waals surface area contributed by atoms with Crippen molar-refractivity contribution in [3.05, 3.63) is 0 Å². The van der Waals surface area contributed by atoms with Crippen LogP contribution in [-0.4, -0.2) is 42.0 Å². The zero-order valence-corrected chi connectivity index (χ0v) is 11.1. The van der Waals surface area contributed by atoms with Crippen molar-refractivity contribution in [2.75, 3.05) is 19.7 Å². The second-order valence-corrected chi connectivity index (χ2v) is 6.13. The molecule has 0 aliphatic rings. The van der Waals surface area contributed by atoms with Gasteiger partial charge in [-0.3, -0.25) is 0 Å². The van der Waals surface area contributed by atoms with Gasteiger partial charge in [-0.15, -0.1) is 6.61 Å². The number of aliphatic carboxylic acids is 1. The molecule has 102 valence electrons. The molecule has 1 unspecified atom stereocenters. The highest BCUT2D eigenvalue weighted by molar-refractivity contribution is 5.72. The van der Waals surface area contributed by atoms with Crippen molar-refractivity contribution in [1.29, 1.82) is 0 Å². The summed E-state index contributed by atoms with van der Waals surface area (Å²) in [5.41, 5.74) is -0.372. The van der Waals surface area contributed by atoms with Crippen molar-refractivity contribution in [3.8, 4) is 0 Å². The van der Waals surface area contributed by atoms with E-state index in [-0.39, 0.29) is 24.0 Å². The van der Waals surface area contributed by atoms with E-state index >= 15 is 0 Å². The van der Waals surface area contributed by atoms with E-state index in [9.17, 15) is 9.90 Å². The highest BCUT2D eigenvalue weighted by Crippen LogP contribution is 2.32. The van der Waals surface area contributed by atoms with E-state index in [1.54, 1.807) is 0 Å². The van der Waals surface area contributed by atoms with Crippen LogP contribution in [0.4, 0.5) is 0 Å². The Labute approximate surface area is 103 Å². The highest BCUT2D eigenvalue weighted by Gasteiger charge is 2.26. The summed E-state index contributed by atoms with van der Waals surface area (Å²) in [5, 5.41) is 31.5. The Morgan fingerprint density at radius 2 is 1.82 bits per heavy atom. The summed E-state index contributed by atoms with van der Waals surface area (Å²) in [7, 11) is 0. The third-order valence-electron chi connectivity index (χ3n) is 2.57. The lowest BCUT2D eigenvalue weighted by Crippen LogP contribution is -2.41. The zero-order valence-electron chi connectivity index (χ0n) is 11.1. The van der Waals surface area contributed by atoms with Gasteiger partial charge < -0.3 is 20.6 Å². The molecule has 0 aromatic carbocycles. The van der Waals surface area contributed by atoms with Crippen LogP contribution in [0.3, 0.4) is 0 Å². The maximum absolute atomic E-state index is 11.0. The molecule has 0 radical (unpaired) electrons. The molecular weight excluding hydrogens is 222 g/mol. The van der Waals surface area contributed by atoms with Crippen LogP contribution in [0.2, 0.25) is 0 Å². The summed E-state index contributed by atoms with van der Waals surface area (Å²) in [4.78, 5) is 10.4. The normalized spacial score (nSPS) is 14.7. The van der Waals surface area contributed by atoms with Gasteiger partial charge in [-0.2, -0.15) is 0 Å². The van der Waals surface area contributed by atoms with Gasteiger partial charge in [0, 0.05) is 13.1 Å². The van der Waals surface area contributed by atoms with Crippen molar-refractivity contribution in [2.45, 2.75) is 40.2 Å². The minimum atomic E-state index is -1.38. The van der Waals surface area contributed by atoms with E-state index in [4.69, 9.17) is 10.2 Å². The van der Waals surface area contributed by atoms with E-state index < -0.39 is 12.1 Å². The van der Waals surface area contributed by atoms with Crippen LogP contribution < -0.4 is 10.4 Å². The van der Waals surface area contributed by atoms with Gasteiger partial charge >= 0.3 is 5.97 Å². The van der Waals surface area contributed by atoms with Crippen LogP contribution in [0.5, 0.6) is 0 Å². The minimum Gasteiger partial charge on any atom is -0.854 e. The van der Waals surface area contributed by atoms with Crippen molar-refractivity contribution in [2.24, 2.45) is 10.8 Å². The van der Waals surface area contributed by atoms with Crippen LogP contribution in [0.1, 0.15) is 34.1 Å². The second kappa shape index (κ2) is 6.33. The second-order valence-electron chi connectivity index (χ2n) is 6.13. The molecular formula is C12H24NO4-. The molecule has 0 fully saturated rings. The number of carbonyl (C=O) groups is 1. The predicted molar refractivity (Wildman–Crippen MR) is 63.6 cm³/mol. The number of rotatable bonds is 8. The summed E-state index contributed by atoms with van der Waals surface area (Å²) < 4.78 is 0. The molecule has 5 heteroatoms. The number of carboxylic acid groups (broad SMARTS) is 1. The Bertz CT molecular complexity index is 251. The summed E-state index contributed by atoms with van der Waals surface area (Å²) >= 11 is 0. The molecule has 0 aliphatic heterocycles. The molecule has 5 nitrogen and oxygen atoms in total. The molecule has 0 heterocycles. The maximum Gasteiger partial charge on any atom is 0.333 e. The first-order chi connectivity index (χ1) is 7.59. The third-order valence-corrected chi connectivity index (χ3v) is 2.57. The third kappa shape index (κ3) is 7.31. The SMILES string of the molecule is CC(C)(C[O-])CC(C)(C)CNCC(O)C(=O)O. The fraction of sp³-hybridized carbons (Fsp3) is 0.917. The van der Waals surface area contributed by atoms with Crippen LogP contribution >= 0.6 is 0 Å². The van der Waals surface area contributed by atoms with Crippen LogP contribution in [-0.2, 0) is 4.79 Å². The first kappa shape index (κ1) is 16.4. The lowest BCUT2D eigenvalue weighted by Gasteiger charge is -2.37. The Kier molecular flexibility index (Phi) is 6.09. The first-order valence-corrected chi connectivity index (χ1v) is 5.79. The standard InChI is InChI=1S/C12H24NO4/c1-11(2,6-12(3,4)8-14)7-13-5-9(15)10(16)17/h9,13,15H,5-8H2,1-4H3,(H,16,17)/q-1. The molecule has 1 atom stereocenters. The molecule has 17 heavy (non-hydrogen) atoms. The van der Waals surface area contributed by atoms with E-state index in [0.717, 1.165) is 6.42 Å². The van der Waals surface area contributed by atoms with E-state index in [2.05, 4.69) is 5.32 Å². The van der Waals surface area contributed by atoms with Crippen molar-refractivity contribution >= 4 is 5.97 Å². The lowest BCUT2D eigenvalue weighted by molar-refractivity contribution is -0.391. The van der Waals surface area contributed by atoms with Gasteiger partial charge in [-0.05, 0) is 11.8 Å². The summed E-state index contributed by atoms with van der Waals surface area (Å²) in [6.07, 6.45) is -0.627. The predicted octanol–water partition coefficient (Wildman–Crippen LogP) is -0.176. The Morgan fingerprint density at radius 1 is 1.29 bits per heavy atom. The van der Waals surface area contributed by atoms with Crippen LogP contribution in [0, 0.1) is 10.8 Å². The van der Waals surface area contributed by atoms with Gasteiger partial charge in [-0.1, -0.05) is 33.1 Å². The minimum absolute atomic E-state index is 0.0244. The van der Waals surface area contributed by atoms with Gasteiger partial charge in [0.1, 0.15) is 0 Å². The monoisotopic (exact) mass is 246 g/mol. The van der Waals surface area contributed by atoms with Gasteiger partial charge in [0.15, 0.2) is 6.10 Å². The van der Waals surface area contributed by atoms with E-state index in [1.807, 2.05) is 27.7 Å². The molecule has 0 rings (SSSR count). The summed E-state index contributed by atoms with van der Waals surface area (Å²) in [6.45, 7) is 8.35. The fourth-order valence-corrected chi connectivity index (χ4v) is 2.04. The molecule has 0 aliphatic carbocycles. The van der Waals surface area contributed by atoms with Gasteiger partial charge in [-0.25, -0.2) is 4.79 Å². The fourth-order valence-electron chi connectivity index (χ4n) is 2.04. The maximum atomic E-state index is 11.0. The Balaban J connectivity index is 4.06. The summed E-state index contributed by atoms with van der Waals surface area (Å²) in [5.74, 6) is -1.23. The average Bonchev–Trinajstić information content (AvgIpc) is 2.15. The molecule has 0 saturated heterocycles. The Morgan fingerprint density at radius 3 is 2.24 bits per heavy atom. The van der Waals surface area contributed by atoms with Crippen molar-refractivity contribution in [3.63, 3.8) is 0 Å². The zero-order chi connectivity index (χ0) is 13.7. The molecule has 0 bridgehead atoms. The number of hydrogen-bond donors (Lipinski definition) is 3. The number of carboxylic acids is 1. The van der Waals surface area contributed by atoms with Crippen LogP contribution in [0.15, 0.2) is 0 Å². The molecule has 0 amide bonds. The number of nitrogens with one attached hydrogen (secondary N) is 1. The number of aliphatic hydroxyl groups excluding tert-OH is 1. The first-order valence-electron chi connectivity index (χ1n) is 5.79. The quantitative estimate of drug-likeness (QED) is 0.552. The van der Waals surface area contributed by atoms with Gasteiger partial charge in [0.25, 0.3) is 0 Å². The smallest absolute Gasteiger partial charge is 0.333 e. The summed E-state index contributed by atoms with van der Waals surface area (Å²) in [6, 6.07) is 0. The van der Waals surface area contributed by atoms with Crippen molar-refractivity contribution < 1.29 is 20.1 Å². The van der Waals surface area contributed by atoms with Gasteiger partial charge in [0.2, 0.25) is 0 Å². The molecule has 3 N–H and O–H groups in total. The molecule has 0 saturated carbocycles. The van der Waals surface area contributed by atoms with Crippen molar-refractivity contribution in [1.82, 2.24) is 5.32 Å². The lowest BCUT2D eigenvalue weighted by atomic mass is 9.75. The molecule has 0 aromatic heterocycles. The van der Waals surface area contributed by atoms with E-state index in [0.29, 0.717) is 6.54 Å². The molecule has 0 aromatic rings. The van der Waals surface area contributed by atoms with Crippen LogP contribution in [0.25, 0.3) is 0 Å². The molecule has 0 spiro atoms. The largest absolute Gasteiger partial charge is 0.854 e. The number of hydrogen-bond acceptors (Lipinski definition) is 4. The highest BCUT2D eigenvalue weighted by atomic mass is 16.4. The topological polar surface area (TPSA) is 92.6 Å². The average molecular weight is 246 g/mol. The number of aliphatic hydroxyl groups is 1. The van der Waals surface area contributed by atoms with Gasteiger partial charge in [0.05, 0.1) is 0 Å².